The van der Waals surface area contributed by atoms with Crippen LogP contribution < -0.4 is 10.2 Å². The molecule has 0 aromatic carbocycles. The van der Waals surface area contributed by atoms with Gasteiger partial charge in [-0.2, -0.15) is 18.3 Å². The Labute approximate surface area is 187 Å². The second-order valence-electron chi connectivity index (χ2n) is 8.29. The van der Waals surface area contributed by atoms with Gasteiger partial charge in [0.25, 0.3) is 5.91 Å². The molecule has 5 heterocycles. The Morgan fingerprint density at radius 3 is 2.88 bits per heavy atom. The van der Waals surface area contributed by atoms with Gasteiger partial charge in [-0.25, -0.2) is 9.97 Å². The molecule has 0 radical (unpaired) electrons. The highest BCUT2D eigenvalue weighted by atomic mass is 19.4. The van der Waals surface area contributed by atoms with Gasteiger partial charge >= 0.3 is 6.18 Å². The van der Waals surface area contributed by atoms with Gasteiger partial charge < -0.3 is 19.9 Å². The van der Waals surface area contributed by atoms with Crippen LogP contribution in [0.2, 0.25) is 0 Å². The molecule has 9 nitrogen and oxygen atoms in total. The first-order chi connectivity index (χ1) is 15.9. The monoisotopic (exact) mass is 463 g/mol. The number of nitrogens with one attached hydrogen (secondary N) is 2. The molecule has 0 atom stereocenters. The molecule has 12 heteroatoms. The van der Waals surface area contributed by atoms with Gasteiger partial charge in [0.1, 0.15) is 17.8 Å². The van der Waals surface area contributed by atoms with Gasteiger partial charge in [-0.1, -0.05) is 0 Å². The van der Waals surface area contributed by atoms with Crippen molar-refractivity contribution in [1.29, 1.82) is 0 Å². The van der Waals surface area contributed by atoms with Gasteiger partial charge in [-0.3, -0.25) is 9.48 Å². The van der Waals surface area contributed by atoms with Crippen LogP contribution in [0, 0.1) is 0 Å². The van der Waals surface area contributed by atoms with Crippen LogP contribution in [0.15, 0.2) is 18.6 Å². The van der Waals surface area contributed by atoms with E-state index in [4.69, 9.17) is 4.74 Å². The minimum atomic E-state index is -4.33. The molecule has 0 spiro atoms. The van der Waals surface area contributed by atoms with Crippen LogP contribution in [-0.2, 0) is 17.7 Å². The summed E-state index contributed by atoms with van der Waals surface area (Å²) in [7, 11) is 0. The van der Waals surface area contributed by atoms with Crippen molar-refractivity contribution in [2.45, 2.75) is 44.4 Å². The Balaban J connectivity index is 1.46. The number of carbonyl (C=O) groups is 1. The van der Waals surface area contributed by atoms with E-state index in [-0.39, 0.29) is 11.7 Å². The van der Waals surface area contributed by atoms with Gasteiger partial charge in [0.05, 0.1) is 17.8 Å². The van der Waals surface area contributed by atoms with Crippen LogP contribution in [0.5, 0.6) is 0 Å². The molecule has 3 aromatic heterocycles. The van der Waals surface area contributed by atoms with Crippen LogP contribution in [0.4, 0.5) is 19.0 Å². The van der Waals surface area contributed by atoms with Crippen molar-refractivity contribution < 1.29 is 22.7 Å². The molecule has 5 rings (SSSR count). The molecule has 0 unspecified atom stereocenters. The maximum absolute atomic E-state index is 12.9. The molecule has 3 aromatic rings. The number of halogens is 3. The largest absolute Gasteiger partial charge is 0.390 e. The maximum atomic E-state index is 12.9. The molecule has 1 saturated heterocycles. The van der Waals surface area contributed by atoms with E-state index in [1.165, 1.54) is 6.33 Å². The van der Waals surface area contributed by atoms with Crippen molar-refractivity contribution in [2.24, 2.45) is 0 Å². The lowest BCUT2D eigenvalue weighted by molar-refractivity contribution is -0.133. The Morgan fingerprint density at radius 2 is 2.09 bits per heavy atom. The zero-order chi connectivity index (χ0) is 23.0. The lowest BCUT2D eigenvalue weighted by Crippen LogP contribution is -2.34. The number of aromatic nitrogens is 5. The van der Waals surface area contributed by atoms with Crippen LogP contribution in [0.25, 0.3) is 11.0 Å². The van der Waals surface area contributed by atoms with Gasteiger partial charge in [-0.15, -0.1) is 0 Å². The average Bonchev–Trinajstić information content (AvgIpc) is 3.43. The van der Waals surface area contributed by atoms with E-state index < -0.39 is 25.0 Å². The third kappa shape index (κ3) is 4.39. The summed E-state index contributed by atoms with van der Waals surface area (Å²) in [6.45, 7) is 1.81. The number of ether oxygens (including phenoxy) is 1. The number of fused-ring (bicyclic) bond motifs is 2. The number of H-pyrrole nitrogens is 1. The van der Waals surface area contributed by atoms with Crippen molar-refractivity contribution in [3.63, 3.8) is 0 Å². The van der Waals surface area contributed by atoms with Gasteiger partial charge in [-0.05, 0) is 18.9 Å². The van der Waals surface area contributed by atoms with Crippen molar-refractivity contribution in [3.05, 3.63) is 35.5 Å². The SMILES string of the molecule is O=C(NCCC(F)(F)F)c1nn(C2CCOCC2)c2c1CN(c1ncnc3[nH]ccc13)CC2. The minimum Gasteiger partial charge on any atom is -0.381 e. The zero-order valence-corrected chi connectivity index (χ0v) is 17.9. The van der Waals surface area contributed by atoms with E-state index in [2.05, 4.69) is 30.3 Å². The van der Waals surface area contributed by atoms with Gasteiger partial charge in [0.2, 0.25) is 0 Å². The number of alkyl halides is 3. The predicted octanol–water partition coefficient (Wildman–Crippen LogP) is 2.75. The van der Waals surface area contributed by atoms with E-state index >= 15 is 0 Å². The normalized spacial score (nSPS) is 17.4. The van der Waals surface area contributed by atoms with Crippen LogP contribution >= 0.6 is 0 Å². The Hall–Kier alpha value is -3.15. The summed E-state index contributed by atoms with van der Waals surface area (Å²) in [5.74, 6) is 0.159. The Morgan fingerprint density at radius 1 is 1.27 bits per heavy atom. The maximum Gasteiger partial charge on any atom is 0.390 e. The highest BCUT2D eigenvalue weighted by Crippen LogP contribution is 2.32. The molecule has 1 amide bonds. The van der Waals surface area contributed by atoms with E-state index in [9.17, 15) is 18.0 Å². The smallest absolute Gasteiger partial charge is 0.381 e. The highest BCUT2D eigenvalue weighted by molar-refractivity contribution is 5.94. The number of amides is 1. The number of rotatable bonds is 5. The Bertz CT molecular complexity index is 1150. The third-order valence-electron chi connectivity index (χ3n) is 6.16. The topological polar surface area (TPSA) is 101 Å². The number of nitrogens with zero attached hydrogens (tertiary/aromatic N) is 5. The number of carbonyl (C=O) groups excluding carboxylic acids is 1. The molecule has 0 bridgehead atoms. The Kier molecular flexibility index (Phi) is 5.69. The summed E-state index contributed by atoms with van der Waals surface area (Å²) < 4.78 is 45.1. The quantitative estimate of drug-likeness (QED) is 0.604. The molecular formula is C21H24F3N7O2. The van der Waals surface area contributed by atoms with Crippen molar-refractivity contribution in [2.75, 3.05) is 31.2 Å². The molecule has 0 aliphatic carbocycles. The second-order valence-corrected chi connectivity index (χ2v) is 8.29. The number of anilines is 1. The third-order valence-corrected chi connectivity index (χ3v) is 6.16. The summed E-state index contributed by atoms with van der Waals surface area (Å²) in [5.41, 5.74) is 2.59. The van der Waals surface area contributed by atoms with E-state index in [1.807, 2.05) is 10.7 Å². The van der Waals surface area contributed by atoms with E-state index in [0.29, 0.717) is 38.4 Å². The molecule has 2 N–H and O–H groups in total. The molecule has 176 valence electrons. The lowest BCUT2D eigenvalue weighted by Gasteiger charge is -2.31. The lowest BCUT2D eigenvalue weighted by atomic mass is 10.0. The fraction of sp³-hybridized carbons (Fsp3) is 0.524. The molecule has 1 fully saturated rings. The minimum absolute atomic E-state index is 0.103. The average molecular weight is 463 g/mol. The standard InChI is InChI=1S/C21H24F3N7O2/c22-21(23,24)5-7-26-20(32)17-15-11-30(19-14-1-6-25-18(14)27-12-28-19)8-2-16(15)31(29-17)13-3-9-33-10-4-13/h1,6,12-13H,2-5,7-11H2,(H,26,32)(H,25,27,28). The molecule has 33 heavy (non-hydrogen) atoms. The number of hydrogen-bond donors (Lipinski definition) is 2. The summed E-state index contributed by atoms with van der Waals surface area (Å²) in [4.78, 5) is 26.7. The first kappa shape index (κ1) is 21.7. The fourth-order valence-corrected chi connectivity index (χ4v) is 4.55. The highest BCUT2D eigenvalue weighted by Gasteiger charge is 2.33. The second kappa shape index (κ2) is 8.65. The first-order valence-electron chi connectivity index (χ1n) is 11.0. The molecule has 2 aliphatic heterocycles. The predicted molar refractivity (Wildman–Crippen MR) is 113 cm³/mol. The van der Waals surface area contributed by atoms with Gasteiger partial charge in [0.15, 0.2) is 5.69 Å². The van der Waals surface area contributed by atoms with Gasteiger partial charge in [0, 0.05) is 56.7 Å². The van der Waals surface area contributed by atoms with Crippen LogP contribution in [0.3, 0.4) is 0 Å². The summed E-state index contributed by atoms with van der Waals surface area (Å²) in [6, 6.07) is 2.00. The number of hydrogen-bond acceptors (Lipinski definition) is 6. The van der Waals surface area contributed by atoms with Crippen LogP contribution in [-0.4, -0.2) is 63.1 Å². The van der Waals surface area contributed by atoms with Crippen molar-refractivity contribution in [1.82, 2.24) is 30.0 Å². The van der Waals surface area contributed by atoms with E-state index in [0.717, 1.165) is 35.3 Å². The van der Waals surface area contributed by atoms with Crippen molar-refractivity contribution >= 4 is 22.8 Å². The zero-order valence-electron chi connectivity index (χ0n) is 17.9. The summed E-state index contributed by atoms with van der Waals surface area (Å²) in [5, 5.41) is 7.88. The molecule has 2 aliphatic rings. The van der Waals surface area contributed by atoms with E-state index in [1.54, 1.807) is 6.20 Å². The van der Waals surface area contributed by atoms with Crippen LogP contribution in [0.1, 0.15) is 47.1 Å². The first-order valence-corrected chi connectivity index (χ1v) is 11.0. The molecular weight excluding hydrogens is 439 g/mol. The summed E-state index contributed by atoms with van der Waals surface area (Å²) in [6.07, 6.45) is 0.0675. The summed E-state index contributed by atoms with van der Waals surface area (Å²) >= 11 is 0. The fourth-order valence-electron chi connectivity index (χ4n) is 4.55. The molecule has 0 saturated carbocycles. The number of aromatic amines is 1. The van der Waals surface area contributed by atoms with Crippen molar-refractivity contribution in [3.8, 4) is 0 Å².